The number of hydrogen-bond acceptors (Lipinski definition) is 3. The molecule has 0 radical (unpaired) electrons. The van der Waals surface area contributed by atoms with Gasteiger partial charge in [-0.05, 0) is 18.2 Å². The van der Waals surface area contributed by atoms with Gasteiger partial charge in [0.25, 0.3) is 6.43 Å². The molecule has 9 heteroatoms. The van der Waals surface area contributed by atoms with Gasteiger partial charge in [0, 0.05) is 12.6 Å². The number of sulfonamides is 1. The minimum absolute atomic E-state index is 0.0230. The summed E-state index contributed by atoms with van der Waals surface area (Å²) in [6.07, 6.45) is -2.76. The molecule has 2 N–H and O–H groups in total. The van der Waals surface area contributed by atoms with Gasteiger partial charge in [0.05, 0.1) is 16.5 Å². The molecule has 0 aliphatic rings. The third-order valence-corrected chi connectivity index (χ3v) is 4.66. The second-order valence-corrected chi connectivity index (χ2v) is 6.57. The minimum atomic E-state index is -4.01. The molecule has 0 fully saturated rings. The first-order valence-corrected chi connectivity index (χ1v) is 7.22. The van der Waals surface area contributed by atoms with Crippen LogP contribution in [-0.2, 0) is 10.0 Å². The molecule has 19 heavy (non-hydrogen) atoms. The van der Waals surface area contributed by atoms with E-state index in [1.165, 1.54) is 12.1 Å². The van der Waals surface area contributed by atoms with Gasteiger partial charge >= 0.3 is 0 Å². The first kappa shape index (κ1) is 16.2. The lowest BCUT2D eigenvalue weighted by Gasteiger charge is -2.17. The standard InChI is InChI=1S/C10H11ClF2N2O2S2/c1-15(5-9(12)13)19(16,17)6-2-3-7(10(14)18)8(11)4-6/h2-4,9H,5H2,1H3,(H2,14,18). The van der Waals surface area contributed by atoms with Gasteiger partial charge in [-0.1, -0.05) is 23.8 Å². The largest absolute Gasteiger partial charge is 0.389 e. The lowest BCUT2D eigenvalue weighted by atomic mass is 10.2. The summed E-state index contributed by atoms with van der Waals surface area (Å²) in [7, 11) is -2.95. The average molecular weight is 329 g/mol. The Bertz CT molecular complexity index is 593. The summed E-state index contributed by atoms with van der Waals surface area (Å²) in [5, 5.41) is 0.0546. The van der Waals surface area contributed by atoms with Crippen LogP contribution in [-0.4, -0.2) is 37.7 Å². The number of halogens is 3. The third kappa shape index (κ3) is 3.82. The molecule has 0 heterocycles. The van der Waals surface area contributed by atoms with Crippen molar-refractivity contribution in [3.05, 3.63) is 28.8 Å². The summed E-state index contributed by atoms with van der Waals surface area (Å²) in [5.41, 5.74) is 5.71. The summed E-state index contributed by atoms with van der Waals surface area (Å²) < 4.78 is 48.9. The molecular formula is C10H11ClF2N2O2S2. The highest BCUT2D eigenvalue weighted by Crippen LogP contribution is 2.23. The van der Waals surface area contributed by atoms with Crippen molar-refractivity contribution in [1.29, 1.82) is 0 Å². The fourth-order valence-electron chi connectivity index (χ4n) is 1.33. The fourth-order valence-corrected chi connectivity index (χ4v) is 3.09. The molecule has 0 aromatic heterocycles. The summed E-state index contributed by atoms with van der Waals surface area (Å²) in [6.45, 7) is -0.892. The molecular weight excluding hydrogens is 318 g/mol. The van der Waals surface area contributed by atoms with Crippen molar-refractivity contribution in [3.8, 4) is 0 Å². The quantitative estimate of drug-likeness (QED) is 0.838. The molecule has 1 aromatic carbocycles. The van der Waals surface area contributed by atoms with Gasteiger partial charge in [0.2, 0.25) is 10.0 Å². The van der Waals surface area contributed by atoms with Crippen molar-refractivity contribution in [1.82, 2.24) is 4.31 Å². The molecule has 0 saturated carbocycles. The van der Waals surface area contributed by atoms with E-state index in [4.69, 9.17) is 29.6 Å². The van der Waals surface area contributed by atoms with Crippen LogP contribution < -0.4 is 5.73 Å². The predicted molar refractivity (Wildman–Crippen MR) is 73.2 cm³/mol. The van der Waals surface area contributed by atoms with E-state index in [1.54, 1.807) is 0 Å². The Morgan fingerprint density at radius 2 is 2.11 bits per heavy atom. The SMILES string of the molecule is CN(CC(F)F)S(=O)(=O)c1ccc(C(N)=S)c(Cl)c1. The Morgan fingerprint density at radius 3 is 2.53 bits per heavy atom. The van der Waals surface area contributed by atoms with Crippen molar-refractivity contribution >= 4 is 38.8 Å². The molecule has 4 nitrogen and oxygen atoms in total. The van der Waals surface area contributed by atoms with E-state index in [9.17, 15) is 17.2 Å². The smallest absolute Gasteiger partial charge is 0.252 e. The maximum atomic E-state index is 12.2. The first-order chi connectivity index (χ1) is 8.66. The van der Waals surface area contributed by atoms with Crippen LogP contribution in [0.1, 0.15) is 5.56 Å². The number of nitrogens with two attached hydrogens (primary N) is 1. The van der Waals surface area contributed by atoms with Gasteiger partial charge in [0.15, 0.2) is 0 Å². The second-order valence-electron chi connectivity index (χ2n) is 3.68. The van der Waals surface area contributed by atoms with Crippen LogP contribution in [0.15, 0.2) is 23.1 Å². The van der Waals surface area contributed by atoms with Crippen molar-refractivity contribution in [2.75, 3.05) is 13.6 Å². The van der Waals surface area contributed by atoms with Crippen LogP contribution in [0.25, 0.3) is 0 Å². The van der Waals surface area contributed by atoms with E-state index in [2.05, 4.69) is 0 Å². The highest BCUT2D eigenvalue weighted by atomic mass is 35.5. The summed E-state index contributed by atoms with van der Waals surface area (Å²) in [5.74, 6) is 0. The minimum Gasteiger partial charge on any atom is -0.389 e. The van der Waals surface area contributed by atoms with Crippen LogP contribution in [0.2, 0.25) is 5.02 Å². The van der Waals surface area contributed by atoms with E-state index >= 15 is 0 Å². The van der Waals surface area contributed by atoms with Crippen molar-refractivity contribution < 1.29 is 17.2 Å². The molecule has 0 aliphatic heterocycles. The number of hydrogen-bond donors (Lipinski definition) is 1. The Kier molecular flexibility index (Phi) is 5.19. The van der Waals surface area contributed by atoms with Crippen LogP contribution in [0.5, 0.6) is 0 Å². The van der Waals surface area contributed by atoms with Crippen LogP contribution >= 0.6 is 23.8 Å². The molecule has 106 valence electrons. The normalized spacial score (nSPS) is 12.1. The van der Waals surface area contributed by atoms with E-state index in [1.807, 2.05) is 0 Å². The molecule has 0 atom stereocenters. The van der Waals surface area contributed by atoms with Crippen molar-refractivity contribution in [3.63, 3.8) is 0 Å². The number of rotatable bonds is 5. The maximum Gasteiger partial charge on any atom is 0.252 e. The number of thiocarbonyl (C=S) groups is 1. The van der Waals surface area contributed by atoms with Crippen LogP contribution in [0.3, 0.4) is 0 Å². The molecule has 1 rings (SSSR count). The first-order valence-electron chi connectivity index (χ1n) is 5.00. The Labute approximate surface area is 120 Å². The topological polar surface area (TPSA) is 63.4 Å². The molecule has 0 aliphatic carbocycles. The van der Waals surface area contributed by atoms with Crippen LogP contribution in [0, 0.1) is 0 Å². The zero-order valence-corrected chi connectivity index (χ0v) is 12.2. The predicted octanol–water partition coefficient (Wildman–Crippen LogP) is 1.86. The zero-order chi connectivity index (χ0) is 14.8. The van der Waals surface area contributed by atoms with Gasteiger partial charge in [-0.2, -0.15) is 4.31 Å². The van der Waals surface area contributed by atoms with Gasteiger partial charge in [0.1, 0.15) is 4.99 Å². The molecule has 0 spiro atoms. The fraction of sp³-hybridized carbons (Fsp3) is 0.300. The van der Waals surface area contributed by atoms with E-state index < -0.39 is 23.0 Å². The highest BCUT2D eigenvalue weighted by molar-refractivity contribution is 7.89. The number of benzene rings is 1. The molecule has 0 saturated heterocycles. The number of nitrogens with zero attached hydrogens (tertiary/aromatic N) is 1. The monoisotopic (exact) mass is 328 g/mol. The maximum absolute atomic E-state index is 12.2. The Balaban J connectivity index is 3.16. The molecule has 0 bridgehead atoms. The van der Waals surface area contributed by atoms with Crippen molar-refractivity contribution in [2.45, 2.75) is 11.3 Å². The molecule has 0 unspecified atom stereocenters. The summed E-state index contributed by atoms with van der Waals surface area (Å²) in [6, 6.07) is 3.69. The summed E-state index contributed by atoms with van der Waals surface area (Å²) in [4.78, 5) is -0.171. The number of alkyl halides is 2. The molecule has 1 aromatic rings. The van der Waals surface area contributed by atoms with Gasteiger partial charge in [-0.3, -0.25) is 0 Å². The molecule has 0 amide bonds. The van der Waals surface area contributed by atoms with Crippen LogP contribution in [0.4, 0.5) is 8.78 Å². The van der Waals surface area contributed by atoms with E-state index in [0.717, 1.165) is 13.1 Å². The Morgan fingerprint density at radius 1 is 1.53 bits per heavy atom. The van der Waals surface area contributed by atoms with Gasteiger partial charge < -0.3 is 5.73 Å². The lowest BCUT2D eigenvalue weighted by molar-refractivity contribution is 0.126. The lowest BCUT2D eigenvalue weighted by Crippen LogP contribution is -2.31. The van der Waals surface area contributed by atoms with E-state index in [0.29, 0.717) is 9.87 Å². The van der Waals surface area contributed by atoms with Gasteiger partial charge in [-0.25, -0.2) is 17.2 Å². The average Bonchev–Trinajstić information content (AvgIpc) is 2.27. The van der Waals surface area contributed by atoms with Crippen molar-refractivity contribution in [2.24, 2.45) is 5.73 Å². The second kappa shape index (κ2) is 6.08. The zero-order valence-electron chi connectivity index (χ0n) is 9.81. The van der Waals surface area contributed by atoms with Gasteiger partial charge in [-0.15, -0.1) is 0 Å². The summed E-state index contributed by atoms with van der Waals surface area (Å²) >= 11 is 10.6. The highest BCUT2D eigenvalue weighted by Gasteiger charge is 2.24. The van der Waals surface area contributed by atoms with E-state index in [-0.39, 0.29) is 14.9 Å². The Hall–Kier alpha value is -0.830. The third-order valence-electron chi connectivity index (χ3n) is 2.31.